The van der Waals surface area contributed by atoms with Gasteiger partial charge in [-0.15, -0.1) is 0 Å². The summed E-state index contributed by atoms with van der Waals surface area (Å²) in [6.07, 6.45) is 1.39. The molecule has 0 saturated carbocycles. The molecular weight excluding hydrogens is 326 g/mol. The molecule has 0 aliphatic heterocycles. The Kier molecular flexibility index (Phi) is 4.39. The number of hydrogen-bond donors (Lipinski definition) is 2. The molecule has 2 aromatic heterocycles. The molecule has 8 heteroatoms. The van der Waals surface area contributed by atoms with Crippen molar-refractivity contribution in [3.63, 3.8) is 0 Å². The number of aliphatic carboxylic acids is 1. The van der Waals surface area contributed by atoms with E-state index in [0.717, 1.165) is 17.3 Å². The zero-order chi connectivity index (χ0) is 17.3. The minimum Gasteiger partial charge on any atom is -0.480 e. The Bertz CT molecular complexity index is 891. The summed E-state index contributed by atoms with van der Waals surface area (Å²) >= 11 is 1.16. The van der Waals surface area contributed by atoms with Crippen LogP contribution in [0.15, 0.2) is 35.7 Å². The van der Waals surface area contributed by atoms with Gasteiger partial charge in [0.05, 0.1) is 6.54 Å². The van der Waals surface area contributed by atoms with Crippen molar-refractivity contribution in [2.45, 2.75) is 30.8 Å². The molecule has 0 amide bonds. The topological polar surface area (TPSA) is 107 Å². The van der Waals surface area contributed by atoms with Crippen LogP contribution in [0.4, 0.5) is 5.82 Å². The lowest BCUT2D eigenvalue weighted by molar-refractivity contribution is -0.136. The molecule has 3 aromatic rings. The van der Waals surface area contributed by atoms with Gasteiger partial charge in [-0.2, -0.15) is 0 Å². The van der Waals surface area contributed by atoms with E-state index in [1.807, 2.05) is 35.8 Å². The highest BCUT2D eigenvalue weighted by Gasteiger charge is 2.20. The maximum absolute atomic E-state index is 11.2. The number of hydrogen-bond acceptors (Lipinski definition) is 6. The lowest BCUT2D eigenvalue weighted by Crippen LogP contribution is -2.13. The van der Waals surface area contributed by atoms with Crippen molar-refractivity contribution in [1.82, 2.24) is 19.5 Å². The third-order valence-corrected chi connectivity index (χ3v) is 4.69. The molecular formula is C16H17N5O2S. The summed E-state index contributed by atoms with van der Waals surface area (Å²) in [5.41, 5.74) is 9.23. The molecule has 1 atom stereocenters. The van der Waals surface area contributed by atoms with Crippen molar-refractivity contribution in [1.29, 1.82) is 0 Å². The smallest absolute Gasteiger partial charge is 0.316 e. The normalized spacial score (nSPS) is 12.4. The van der Waals surface area contributed by atoms with Crippen molar-refractivity contribution in [2.75, 3.05) is 5.73 Å². The third kappa shape index (κ3) is 3.18. The summed E-state index contributed by atoms with van der Waals surface area (Å²) < 4.78 is 1.88. The van der Waals surface area contributed by atoms with E-state index in [-0.39, 0.29) is 5.82 Å². The predicted octanol–water partition coefficient (Wildman–Crippen LogP) is 2.33. The summed E-state index contributed by atoms with van der Waals surface area (Å²) in [5, 5.41) is 9.10. The number of anilines is 1. The molecule has 3 rings (SSSR count). The number of nitrogens with zero attached hydrogens (tertiary/aromatic N) is 4. The van der Waals surface area contributed by atoms with Crippen molar-refractivity contribution >= 4 is 34.7 Å². The van der Waals surface area contributed by atoms with Crippen LogP contribution in [0.5, 0.6) is 0 Å². The second-order valence-corrected chi connectivity index (χ2v) is 6.80. The number of rotatable bonds is 5. The Balaban J connectivity index is 2.06. The van der Waals surface area contributed by atoms with E-state index in [4.69, 9.17) is 5.73 Å². The first-order valence-electron chi connectivity index (χ1n) is 7.37. The van der Waals surface area contributed by atoms with Crippen molar-refractivity contribution in [3.8, 4) is 0 Å². The van der Waals surface area contributed by atoms with Crippen molar-refractivity contribution < 1.29 is 9.90 Å². The average Bonchev–Trinajstić information content (AvgIpc) is 2.89. The summed E-state index contributed by atoms with van der Waals surface area (Å²) in [4.78, 5) is 23.9. The van der Waals surface area contributed by atoms with Gasteiger partial charge in [-0.3, -0.25) is 9.36 Å². The van der Waals surface area contributed by atoms with E-state index < -0.39 is 11.2 Å². The van der Waals surface area contributed by atoms with Gasteiger partial charge in [0, 0.05) is 0 Å². The molecule has 1 unspecified atom stereocenters. The van der Waals surface area contributed by atoms with Gasteiger partial charge in [0.15, 0.2) is 22.1 Å². The molecule has 1 aromatic carbocycles. The zero-order valence-corrected chi connectivity index (χ0v) is 14.1. The Morgan fingerprint density at radius 1 is 1.33 bits per heavy atom. The van der Waals surface area contributed by atoms with E-state index in [0.29, 0.717) is 22.9 Å². The predicted molar refractivity (Wildman–Crippen MR) is 93.0 cm³/mol. The van der Waals surface area contributed by atoms with Gasteiger partial charge >= 0.3 is 5.97 Å². The molecule has 0 bridgehead atoms. The molecule has 3 N–H and O–H groups in total. The van der Waals surface area contributed by atoms with Gasteiger partial charge in [-0.25, -0.2) is 15.0 Å². The van der Waals surface area contributed by atoms with E-state index in [2.05, 4.69) is 15.0 Å². The Hall–Kier alpha value is -2.61. The fraction of sp³-hybridized carbons (Fsp3) is 0.250. The van der Waals surface area contributed by atoms with E-state index in [9.17, 15) is 9.90 Å². The first kappa shape index (κ1) is 16.3. The summed E-state index contributed by atoms with van der Waals surface area (Å²) in [6, 6.07) is 8.12. The van der Waals surface area contributed by atoms with Crippen LogP contribution < -0.4 is 5.73 Å². The highest BCUT2D eigenvalue weighted by Crippen LogP contribution is 2.28. The van der Waals surface area contributed by atoms with Gasteiger partial charge in [-0.1, -0.05) is 41.6 Å². The highest BCUT2D eigenvalue weighted by molar-refractivity contribution is 8.00. The number of benzene rings is 1. The maximum atomic E-state index is 11.2. The van der Waals surface area contributed by atoms with Crippen molar-refractivity contribution in [3.05, 3.63) is 41.7 Å². The van der Waals surface area contributed by atoms with Crippen LogP contribution in [0.3, 0.4) is 0 Å². The number of carboxylic acids is 1. The number of nitrogens with two attached hydrogens (primary N) is 1. The number of aromatic nitrogens is 4. The van der Waals surface area contributed by atoms with Gasteiger partial charge in [0.25, 0.3) is 0 Å². The zero-order valence-electron chi connectivity index (χ0n) is 13.3. The van der Waals surface area contributed by atoms with Crippen LogP contribution in [0.2, 0.25) is 0 Å². The second-order valence-electron chi connectivity index (χ2n) is 5.50. The van der Waals surface area contributed by atoms with Gasteiger partial charge in [0.2, 0.25) is 0 Å². The molecule has 124 valence electrons. The fourth-order valence-corrected chi connectivity index (χ4v) is 3.09. The fourth-order valence-electron chi connectivity index (χ4n) is 2.25. The molecule has 0 radical (unpaired) electrons. The van der Waals surface area contributed by atoms with E-state index in [1.165, 1.54) is 11.9 Å². The molecule has 0 saturated heterocycles. The largest absolute Gasteiger partial charge is 0.480 e. The molecule has 0 aliphatic rings. The van der Waals surface area contributed by atoms with Crippen LogP contribution in [-0.2, 0) is 11.3 Å². The first-order chi connectivity index (χ1) is 11.5. The summed E-state index contributed by atoms with van der Waals surface area (Å²) in [7, 11) is 0. The van der Waals surface area contributed by atoms with Gasteiger partial charge < -0.3 is 10.8 Å². The monoisotopic (exact) mass is 343 g/mol. The molecule has 0 spiro atoms. The van der Waals surface area contributed by atoms with Gasteiger partial charge in [0.1, 0.15) is 11.6 Å². The Labute approximate surface area is 142 Å². The minimum atomic E-state index is -0.895. The number of imidazole rings is 1. The van der Waals surface area contributed by atoms with E-state index >= 15 is 0 Å². The van der Waals surface area contributed by atoms with Crippen LogP contribution in [0, 0.1) is 6.92 Å². The summed E-state index contributed by atoms with van der Waals surface area (Å²) in [6.45, 7) is 4.18. The van der Waals surface area contributed by atoms with Crippen molar-refractivity contribution in [2.24, 2.45) is 0 Å². The Morgan fingerprint density at radius 2 is 2.04 bits per heavy atom. The average molecular weight is 343 g/mol. The standard InChI is InChI=1S/C16H17N5O2S/c1-9-3-5-11(6-4-9)7-21-14-12(13(17)18-8-19-14)20-16(21)24-10(2)15(22)23/h3-6,8,10H,7H2,1-2H3,(H,22,23)(H2,17,18,19). The lowest BCUT2D eigenvalue weighted by atomic mass is 10.1. The van der Waals surface area contributed by atoms with E-state index in [1.54, 1.807) is 6.92 Å². The van der Waals surface area contributed by atoms with Crippen LogP contribution >= 0.6 is 11.8 Å². The molecule has 2 heterocycles. The number of carboxylic acid groups (broad SMARTS) is 1. The molecule has 7 nitrogen and oxygen atoms in total. The number of thioether (sulfide) groups is 1. The highest BCUT2D eigenvalue weighted by atomic mass is 32.2. The van der Waals surface area contributed by atoms with Gasteiger partial charge in [-0.05, 0) is 19.4 Å². The maximum Gasteiger partial charge on any atom is 0.316 e. The SMILES string of the molecule is Cc1ccc(Cn2c(SC(C)C(=O)O)nc3c(N)ncnc32)cc1. The minimum absolute atomic E-state index is 0.285. The Morgan fingerprint density at radius 3 is 2.71 bits per heavy atom. The lowest BCUT2D eigenvalue weighted by Gasteiger charge is -2.10. The number of fused-ring (bicyclic) bond motifs is 1. The molecule has 0 aliphatic carbocycles. The number of nitrogen functional groups attached to an aromatic ring is 1. The first-order valence-corrected chi connectivity index (χ1v) is 8.25. The van der Waals surface area contributed by atoms with Crippen LogP contribution in [0.1, 0.15) is 18.1 Å². The molecule has 24 heavy (non-hydrogen) atoms. The second kappa shape index (κ2) is 6.48. The molecule has 0 fully saturated rings. The number of carbonyl (C=O) groups is 1. The summed E-state index contributed by atoms with van der Waals surface area (Å²) in [5.74, 6) is -0.611. The number of aryl methyl sites for hydroxylation is 1. The van der Waals surface area contributed by atoms with Crippen LogP contribution in [-0.4, -0.2) is 35.8 Å². The van der Waals surface area contributed by atoms with Crippen LogP contribution in [0.25, 0.3) is 11.2 Å². The quantitative estimate of drug-likeness (QED) is 0.685. The third-order valence-electron chi connectivity index (χ3n) is 3.62.